The quantitative estimate of drug-likeness (QED) is 0.718. The molecule has 0 spiro atoms. The van der Waals surface area contributed by atoms with Gasteiger partial charge < -0.3 is 10.6 Å². The van der Waals surface area contributed by atoms with Crippen LogP contribution in [0.15, 0.2) is 53.4 Å². The monoisotopic (exact) mass is 441 g/mol. The maximum absolute atomic E-state index is 12.9. The molecule has 0 aliphatic carbocycles. The Morgan fingerprint density at radius 3 is 2.65 bits per heavy atom. The molecule has 8 heteroatoms. The minimum absolute atomic E-state index is 0.0684. The van der Waals surface area contributed by atoms with E-state index in [4.69, 9.17) is 0 Å². The Balaban J connectivity index is 1.36. The van der Waals surface area contributed by atoms with E-state index in [1.165, 1.54) is 10.4 Å². The van der Waals surface area contributed by atoms with Gasteiger partial charge >= 0.3 is 0 Å². The molecular weight excluding hydrogens is 414 g/mol. The molecule has 2 amide bonds. The fraction of sp³-hybridized carbons (Fsp3) is 0.391. The topological polar surface area (TPSA) is 95.6 Å². The van der Waals surface area contributed by atoms with E-state index < -0.39 is 10.0 Å². The van der Waals surface area contributed by atoms with Gasteiger partial charge in [0.15, 0.2) is 0 Å². The average Bonchev–Trinajstić information content (AvgIpc) is 2.78. The van der Waals surface area contributed by atoms with Gasteiger partial charge in [0.1, 0.15) is 0 Å². The summed E-state index contributed by atoms with van der Waals surface area (Å²) in [7, 11) is -3.56. The second kappa shape index (κ2) is 9.20. The van der Waals surface area contributed by atoms with E-state index in [-0.39, 0.29) is 29.0 Å². The van der Waals surface area contributed by atoms with Crippen molar-refractivity contribution in [3.8, 4) is 0 Å². The van der Waals surface area contributed by atoms with Crippen LogP contribution in [0.5, 0.6) is 0 Å². The van der Waals surface area contributed by atoms with E-state index in [0.717, 1.165) is 30.5 Å². The van der Waals surface area contributed by atoms with Crippen molar-refractivity contribution in [3.63, 3.8) is 0 Å². The number of nitrogens with one attached hydrogen (secondary N) is 2. The third kappa shape index (κ3) is 4.97. The van der Waals surface area contributed by atoms with Crippen LogP contribution in [0.4, 0.5) is 11.4 Å². The summed E-state index contributed by atoms with van der Waals surface area (Å²) in [6.45, 7) is 1.07. The summed E-state index contributed by atoms with van der Waals surface area (Å²) in [5.41, 5.74) is 2.35. The molecule has 0 aromatic heterocycles. The largest absolute Gasteiger partial charge is 0.326 e. The minimum Gasteiger partial charge on any atom is -0.326 e. The number of nitrogens with zero attached hydrogens (tertiary/aromatic N) is 1. The summed E-state index contributed by atoms with van der Waals surface area (Å²) < 4.78 is 27.2. The maximum Gasteiger partial charge on any atom is 0.243 e. The van der Waals surface area contributed by atoms with E-state index >= 15 is 0 Å². The number of fused-ring (bicyclic) bond motifs is 1. The number of hydrogen-bond donors (Lipinski definition) is 2. The number of sulfonamides is 1. The maximum atomic E-state index is 12.9. The number of benzene rings is 2. The summed E-state index contributed by atoms with van der Waals surface area (Å²) >= 11 is 0. The Kier molecular flexibility index (Phi) is 6.38. The molecule has 2 aliphatic rings. The van der Waals surface area contributed by atoms with Crippen LogP contribution in [0.25, 0.3) is 0 Å². The highest BCUT2D eigenvalue weighted by atomic mass is 32.2. The third-order valence-corrected chi connectivity index (χ3v) is 7.80. The van der Waals surface area contributed by atoms with Crippen molar-refractivity contribution in [2.24, 2.45) is 5.92 Å². The number of carbonyl (C=O) groups excluding carboxylic acids is 2. The highest BCUT2D eigenvalue weighted by Gasteiger charge is 2.27. The van der Waals surface area contributed by atoms with Gasteiger partial charge in [-0.2, -0.15) is 4.31 Å². The molecule has 7 nitrogen and oxygen atoms in total. The van der Waals surface area contributed by atoms with Crippen molar-refractivity contribution >= 4 is 33.2 Å². The summed E-state index contributed by atoms with van der Waals surface area (Å²) in [6.07, 6.45) is 4.01. The van der Waals surface area contributed by atoms with Crippen LogP contribution in [-0.2, 0) is 26.0 Å². The average molecular weight is 442 g/mol. The van der Waals surface area contributed by atoms with Gasteiger partial charge in [-0.05, 0) is 55.5 Å². The van der Waals surface area contributed by atoms with Crippen molar-refractivity contribution in [2.75, 3.05) is 23.7 Å². The van der Waals surface area contributed by atoms with Crippen LogP contribution >= 0.6 is 0 Å². The summed E-state index contributed by atoms with van der Waals surface area (Å²) in [4.78, 5) is 25.0. The highest BCUT2D eigenvalue weighted by molar-refractivity contribution is 7.89. The van der Waals surface area contributed by atoms with E-state index in [1.54, 1.807) is 18.2 Å². The lowest BCUT2D eigenvalue weighted by Gasteiger charge is -2.26. The second-order valence-corrected chi connectivity index (χ2v) is 10.1. The molecule has 0 radical (unpaired) electrons. The molecule has 1 atom stereocenters. The molecule has 0 unspecified atom stereocenters. The van der Waals surface area contributed by atoms with Crippen LogP contribution in [0, 0.1) is 5.92 Å². The van der Waals surface area contributed by atoms with E-state index in [0.29, 0.717) is 31.6 Å². The van der Waals surface area contributed by atoms with Crippen LogP contribution in [0.3, 0.4) is 0 Å². The number of piperidine rings is 1. The normalized spacial score (nSPS) is 19.4. The van der Waals surface area contributed by atoms with Gasteiger partial charge in [-0.25, -0.2) is 8.42 Å². The first-order valence-electron chi connectivity index (χ1n) is 10.7. The summed E-state index contributed by atoms with van der Waals surface area (Å²) in [5.74, 6) is -0.563. The van der Waals surface area contributed by atoms with E-state index in [2.05, 4.69) is 10.6 Å². The molecule has 164 valence electrons. The molecule has 1 saturated heterocycles. The van der Waals surface area contributed by atoms with Crippen molar-refractivity contribution in [2.45, 2.75) is 43.4 Å². The zero-order valence-corrected chi connectivity index (χ0v) is 18.2. The number of rotatable bonds is 6. The number of para-hydroxylation sites is 1. The van der Waals surface area contributed by atoms with E-state index in [9.17, 15) is 18.0 Å². The lowest BCUT2D eigenvalue weighted by atomic mass is 9.89. The Morgan fingerprint density at radius 1 is 1.06 bits per heavy atom. The zero-order chi connectivity index (χ0) is 21.8. The van der Waals surface area contributed by atoms with Crippen LogP contribution in [0.1, 0.15) is 37.7 Å². The molecule has 0 saturated carbocycles. The van der Waals surface area contributed by atoms with Crippen molar-refractivity contribution in [1.82, 2.24) is 4.31 Å². The Hall–Kier alpha value is -2.71. The van der Waals surface area contributed by atoms with Gasteiger partial charge in [-0.3, -0.25) is 9.59 Å². The molecule has 31 heavy (non-hydrogen) atoms. The van der Waals surface area contributed by atoms with Crippen LogP contribution < -0.4 is 10.6 Å². The summed E-state index contributed by atoms with van der Waals surface area (Å²) in [6, 6.07) is 14.1. The zero-order valence-electron chi connectivity index (χ0n) is 17.3. The molecule has 0 bridgehead atoms. The van der Waals surface area contributed by atoms with Crippen LogP contribution in [-0.4, -0.2) is 37.6 Å². The molecule has 2 heterocycles. The number of amides is 2. The Morgan fingerprint density at radius 2 is 1.84 bits per heavy atom. The lowest BCUT2D eigenvalue weighted by molar-refractivity contribution is -0.121. The van der Waals surface area contributed by atoms with Gasteiger partial charge in [0.25, 0.3) is 0 Å². The molecule has 4 rings (SSSR count). The lowest BCUT2D eigenvalue weighted by Crippen LogP contribution is -2.35. The predicted molar refractivity (Wildman–Crippen MR) is 119 cm³/mol. The van der Waals surface area contributed by atoms with Gasteiger partial charge in [0.2, 0.25) is 21.8 Å². The first-order valence-corrected chi connectivity index (χ1v) is 12.2. The smallest absolute Gasteiger partial charge is 0.243 e. The van der Waals surface area contributed by atoms with Crippen molar-refractivity contribution < 1.29 is 18.0 Å². The first-order chi connectivity index (χ1) is 14.9. The second-order valence-electron chi connectivity index (χ2n) is 8.13. The molecule has 1 fully saturated rings. The Labute approximate surface area is 182 Å². The van der Waals surface area contributed by atoms with E-state index in [1.807, 2.05) is 24.3 Å². The van der Waals surface area contributed by atoms with Crippen molar-refractivity contribution in [3.05, 3.63) is 54.1 Å². The number of carbonyl (C=O) groups is 2. The van der Waals surface area contributed by atoms with Gasteiger partial charge in [-0.15, -0.1) is 0 Å². The number of hydrogen-bond acceptors (Lipinski definition) is 4. The highest BCUT2D eigenvalue weighted by Crippen LogP contribution is 2.28. The minimum atomic E-state index is -3.56. The first kappa shape index (κ1) is 21.5. The van der Waals surface area contributed by atoms with Crippen molar-refractivity contribution in [1.29, 1.82) is 0 Å². The number of anilines is 2. The summed E-state index contributed by atoms with van der Waals surface area (Å²) in [5, 5.41) is 5.67. The SMILES string of the molecule is O=C(CC[C@H]1Cc2ccccc2NC1=O)Nc1cccc(S(=O)(=O)N2CCCCC2)c1. The van der Waals surface area contributed by atoms with Gasteiger partial charge in [-0.1, -0.05) is 30.7 Å². The molecule has 2 aliphatic heterocycles. The molecule has 2 aromatic rings. The standard InChI is InChI=1S/C23H27N3O4S/c27-22(12-11-18-15-17-7-2-3-10-21(17)25-23(18)28)24-19-8-6-9-20(16-19)31(29,30)26-13-4-1-5-14-26/h2-3,6-10,16,18H,1,4-5,11-15H2,(H,24,27)(H,25,28)/t18-/m0/s1. The fourth-order valence-electron chi connectivity index (χ4n) is 4.16. The van der Waals surface area contributed by atoms with Crippen LogP contribution in [0.2, 0.25) is 0 Å². The molecule has 2 aromatic carbocycles. The van der Waals surface area contributed by atoms with Gasteiger partial charge in [0.05, 0.1) is 4.90 Å². The van der Waals surface area contributed by atoms with Gasteiger partial charge in [0, 0.05) is 36.8 Å². The molecule has 2 N–H and O–H groups in total. The molecular formula is C23H27N3O4S. The fourth-order valence-corrected chi connectivity index (χ4v) is 5.73. The Bertz CT molecular complexity index is 1080. The third-order valence-electron chi connectivity index (χ3n) is 5.90. The predicted octanol–water partition coefficient (Wildman–Crippen LogP) is 3.39.